The molecule has 2 aromatic rings. The number of aromatic nitrogens is 1. The molecule has 162 valence electrons. The quantitative estimate of drug-likeness (QED) is 0.763. The van der Waals surface area contributed by atoms with E-state index in [2.05, 4.69) is 10.3 Å². The fourth-order valence-electron chi connectivity index (χ4n) is 3.58. The van der Waals surface area contributed by atoms with E-state index in [1.54, 1.807) is 16.2 Å². The van der Waals surface area contributed by atoms with Crippen LogP contribution < -0.4 is 5.32 Å². The highest BCUT2D eigenvalue weighted by Gasteiger charge is 2.42. The fraction of sp³-hybridized carbons (Fsp3) is 0.522. The molecule has 0 saturated carbocycles. The second-order valence-electron chi connectivity index (χ2n) is 9.17. The monoisotopic (exact) mass is 429 g/mol. The molecule has 0 radical (unpaired) electrons. The van der Waals surface area contributed by atoms with Crippen LogP contribution in [0.15, 0.2) is 29.8 Å². The maximum absolute atomic E-state index is 12.9. The summed E-state index contributed by atoms with van der Waals surface area (Å²) in [6.45, 7) is 10.5. The number of amides is 2. The highest BCUT2D eigenvalue weighted by Crippen LogP contribution is 2.30. The van der Waals surface area contributed by atoms with Crippen molar-refractivity contribution in [1.82, 2.24) is 15.2 Å². The van der Waals surface area contributed by atoms with Gasteiger partial charge in [0, 0.05) is 25.4 Å². The van der Waals surface area contributed by atoms with Crippen molar-refractivity contribution in [2.75, 3.05) is 6.54 Å². The van der Waals surface area contributed by atoms with E-state index in [0.717, 1.165) is 21.7 Å². The van der Waals surface area contributed by atoms with Crippen LogP contribution in [0.4, 0.5) is 0 Å². The van der Waals surface area contributed by atoms with Crippen molar-refractivity contribution >= 4 is 23.2 Å². The third-order valence-corrected chi connectivity index (χ3v) is 6.94. The molecule has 1 aromatic heterocycles. The van der Waals surface area contributed by atoms with Crippen molar-refractivity contribution in [2.24, 2.45) is 11.3 Å². The summed E-state index contributed by atoms with van der Waals surface area (Å²) < 4.78 is 0. The van der Waals surface area contributed by atoms with Crippen LogP contribution in [0.3, 0.4) is 0 Å². The van der Waals surface area contributed by atoms with E-state index in [1.807, 2.05) is 64.4 Å². The zero-order valence-corrected chi connectivity index (χ0v) is 19.1. The van der Waals surface area contributed by atoms with Crippen LogP contribution in [-0.4, -0.2) is 45.5 Å². The van der Waals surface area contributed by atoms with Crippen LogP contribution in [-0.2, 0) is 16.1 Å². The van der Waals surface area contributed by atoms with E-state index in [9.17, 15) is 14.7 Å². The minimum Gasteiger partial charge on any atom is -0.391 e. The molecule has 3 atom stereocenters. The number of rotatable bonds is 5. The molecule has 2 N–H and O–H groups in total. The number of benzene rings is 1. The first-order chi connectivity index (χ1) is 14.1. The van der Waals surface area contributed by atoms with Gasteiger partial charge in [-0.25, -0.2) is 4.98 Å². The number of thiazole rings is 1. The Morgan fingerprint density at radius 3 is 2.53 bits per heavy atom. The molecule has 2 unspecified atom stereocenters. The molecule has 1 fully saturated rings. The van der Waals surface area contributed by atoms with Gasteiger partial charge in [-0.2, -0.15) is 0 Å². The number of hydrogen-bond donors (Lipinski definition) is 2. The van der Waals surface area contributed by atoms with E-state index in [0.29, 0.717) is 6.54 Å². The van der Waals surface area contributed by atoms with Crippen molar-refractivity contribution in [3.05, 3.63) is 41.0 Å². The van der Waals surface area contributed by atoms with Gasteiger partial charge in [0.1, 0.15) is 6.04 Å². The van der Waals surface area contributed by atoms with Crippen LogP contribution >= 0.6 is 11.3 Å². The highest BCUT2D eigenvalue weighted by atomic mass is 32.1. The molecule has 1 aliphatic rings. The number of likely N-dealkylation sites (tertiary alicyclic amines) is 1. The molecule has 3 rings (SSSR count). The summed E-state index contributed by atoms with van der Waals surface area (Å²) in [7, 11) is 0. The number of aliphatic hydroxyl groups is 1. The summed E-state index contributed by atoms with van der Waals surface area (Å²) >= 11 is 1.61. The van der Waals surface area contributed by atoms with Crippen LogP contribution in [0.5, 0.6) is 0 Å². The Morgan fingerprint density at radius 1 is 1.30 bits per heavy atom. The lowest BCUT2D eigenvalue weighted by Gasteiger charge is -2.32. The maximum atomic E-state index is 12.9. The first-order valence-electron chi connectivity index (χ1n) is 10.3. The molecule has 0 aliphatic carbocycles. The summed E-state index contributed by atoms with van der Waals surface area (Å²) in [6, 6.07) is 7.41. The molecule has 2 amide bonds. The number of hydrogen-bond acceptors (Lipinski definition) is 5. The molecular weight excluding hydrogens is 398 g/mol. The lowest BCUT2D eigenvalue weighted by atomic mass is 9.81. The highest BCUT2D eigenvalue weighted by molar-refractivity contribution is 7.13. The number of carbonyl (C=O) groups is 2. The fourth-order valence-corrected chi connectivity index (χ4v) is 4.40. The summed E-state index contributed by atoms with van der Waals surface area (Å²) in [5, 5.41) is 13.0. The van der Waals surface area contributed by atoms with Crippen molar-refractivity contribution < 1.29 is 14.7 Å². The number of carbonyl (C=O) groups excluding carboxylic acids is 2. The normalized spacial score (nSPS) is 20.3. The number of aryl methyl sites for hydroxylation is 1. The molecule has 0 bridgehead atoms. The van der Waals surface area contributed by atoms with Gasteiger partial charge >= 0.3 is 0 Å². The third kappa shape index (κ3) is 4.90. The number of aliphatic hydroxyl groups excluding tert-OH is 1. The van der Waals surface area contributed by atoms with E-state index in [4.69, 9.17) is 0 Å². The van der Waals surface area contributed by atoms with Crippen LogP contribution in [0.1, 0.15) is 45.4 Å². The summed E-state index contributed by atoms with van der Waals surface area (Å²) in [5.41, 5.74) is 4.73. The largest absolute Gasteiger partial charge is 0.391 e. The predicted molar refractivity (Wildman–Crippen MR) is 119 cm³/mol. The molecule has 2 heterocycles. The number of β-amino-alcohol motifs (C(OH)–C–C–N with tert-alkyl or cyclic N) is 1. The zero-order chi connectivity index (χ0) is 22.1. The summed E-state index contributed by atoms with van der Waals surface area (Å²) in [5.74, 6) is -0.535. The maximum Gasteiger partial charge on any atom is 0.243 e. The van der Waals surface area contributed by atoms with Crippen LogP contribution in [0, 0.1) is 18.3 Å². The summed E-state index contributed by atoms with van der Waals surface area (Å²) in [6.07, 6.45) is -0.392. The first kappa shape index (κ1) is 22.4. The van der Waals surface area contributed by atoms with Gasteiger partial charge in [-0.05, 0) is 23.5 Å². The molecule has 7 heteroatoms. The molecule has 1 aromatic carbocycles. The lowest BCUT2D eigenvalue weighted by Crippen LogP contribution is -2.49. The third-order valence-electron chi connectivity index (χ3n) is 5.96. The second-order valence-corrected chi connectivity index (χ2v) is 10.0. The summed E-state index contributed by atoms with van der Waals surface area (Å²) in [4.78, 5) is 32.7. The van der Waals surface area contributed by atoms with Gasteiger partial charge in [0.25, 0.3) is 0 Å². The van der Waals surface area contributed by atoms with E-state index in [-0.39, 0.29) is 36.1 Å². The van der Waals surface area contributed by atoms with Gasteiger partial charge in [0.2, 0.25) is 11.8 Å². The SMILES string of the molecule is Cc1ncsc1-c1ccc(CNC(=O)C2C[C@@H](O)CN2C(=O)C(C)C(C)(C)C)cc1. The Kier molecular flexibility index (Phi) is 6.62. The average Bonchev–Trinajstić information content (AvgIpc) is 3.30. The molecule has 6 nitrogen and oxygen atoms in total. The minimum absolute atomic E-state index is 0.0801. The topological polar surface area (TPSA) is 82.5 Å². The Balaban J connectivity index is 1.63. The molecule has 1 aliphatic heterocycles. The van der Waals surface area contributed by atoms with Crippen molar-refractivity contribution in [3.63, 3.8) is 0 Å². The van der Waals surface area contributed by atoms with Crippen LogP contribution in [0.25, 0.3) is 10.4 Å². The van der Waals surface area contributed by atoms with Gasteiger partial charge in [-0.1, -0.05) is 52.0 Å². The number of nitrogens with one attached hydrogen (secondary N) is 1. The van der Waals surface area contributed by atoms with Crippen LogP contribution in [0.2, 0.25) is 0 Å². The molecule has 1 saturated heterocycles. The van der Waals surface area contributed by atoms with E-state index in [1.165, 1.54) is 0 Å². The van der Waals surface area contributed by atoms with Crippen molar-refractivity contribution in [2.45, 2.75) is 59.7 Å². The smallest absolute Gasteiger partial charge is 0.243 e. The zero-order valence-electron chi connectivity index (χ0n) is 18.3. The van der Waals surface area contributed by atoms with Crippen molar-refractivity contribution in [1.29, 1.82) is 0 Å². The van der Waals surface area contributed by atoms with Gasteiger partial charge < -0.3 is 15.3 Å². The first-order valence-corrected chi connectivity index (χ1v) is 11.2. The Labute approximate surface area is 182 Å². The average molecular weight is 430 g/mol. The lowest BCUT2D eigenvalue weighted by molar-refractivity contribution is -0.144. The van der Waals surface area contributed by atoms with Gasteiger partial charge in [-0.15, -0.1) is 11.3 Å². The Hall–Kier alpha value is -2.25. The molecular formula is C23H31N3O3S. The van der Waals surface area contributed by atoms with E-state index < -0.39 is 12.1 Å². The second kappa shape index (κ2) is 8.86. The minimum atomic E-state index is -0.668. The van der Waals surface area contributed by atoms with E-state index >= 15 is 0 Å². The van der Waals surface area contributed by atoms with Crippen molar-refractivity contribution in [3.8, 4) is 10.4 Å². The van der Waals surface area contributed by atoms with Gasteiger partial charge in [-0.3, -0.25) is 9.59 Å². The molecule has 30 heavy (non-hydrogen) atoms. The Morgan fingerprint density at radius 2 is 1.97 bits per heavy atom. The van der Waals surface area contributed by atoms with Gasteiger partial charge in [0.15, 0.2) is 0 Å². The number of nitrogens with zero attached hydrogens (tertiary/aromatic N) is 2. The predicted octanol–water partition coefficient (Wildman–Crippen LogP) is 3.38. The molecule has 0 spiro atoms. The Bertz CT molecular complexity index is 901. The van der Waals surface area contributed by atoms with Gasteiger partial charge in [0.05, 0.1) is 22.2 Å². The standard InChI is InChI=1S/C23H31N3O3S/c1-14(23(3,4)5)22(29)26-12-18(27)10-19(26)21(28)24-11-16-6-8-17(9-7-16)20-15(2)25-13-30-20/h6-9,13-14,18-19,27H,10-12H2,1-5H3,(H,24,28)/t14?,18-,19?/m1/s1.